The number of rotatable bonds is 3. The molecule has 1 saturated heterocycles. The fourth-order valence-electron chi connectivity index (χ4n) is 2.97. The molecule has 2 heterocycles. The van der Waals surface area contributed by atoms with Crippen molar-refractivity contribution in [3.05, 3.63) is 36.4 Å². The summed E-state index contributed by atoms with van der Waals surface area (Å²) in [5.41, 5.74) is 7.39. The molecular formula is C17H24ClN3O3S. The molecule has 0 amide bonds. The van der Waals surface area contributed by atoms with Crippen LogP contribution in [0.4, 0.5) is 0 Å². The Labute approximate surface area is 154 Å². The van der Waals surface area contributed by atoms with Crippen molar-refractivity contribution in [1.29, 1.82) is 0 Å². The van der Waals surface area contributed by atoms with Gasteiger partial charge in [-0.2, -0.15) is 4.31 Å². The molecule has 1 unspecified atom stereocenters. The number of benzene rings is 1. The lowest BCUT2D eigenvalue weighted by Gasteiger charge is -2.41. The van der Waals surface area contributed by atoms with Gasteiger partial charge in [0.15, 0.2) is 5.89 Å². The van der Waals surface area contributed by atoms with Crippen molar-refractivity contribution < 1.29 is 12.8 Å². The quantitative estimate of drug-likeness (QED) is 0.877. The Balaban J connectivity index is 0.00000225. The molecule has 25 heavy (non-hydrogen) atoms. The molecule has 1 aliphatic heterocycles. The number of oxazole rings is 1. The highest BCUT2D eigenvalue weighted by Gasteiger charge is 2.38. The molecule has 0 aliphatic carbocycles. The number of aromatic nitrogens is 1. The average Bonchev–Trinajstić information content (AvgIpc) is 2.96. The molecule has 1 aromatic heterocycles. The van der Waals surface area contributed by atoms with Crippen LogP contribution in [-0.2, 0) is 10.0 Å². The molecule has 138 valence electrons. The number of hydrogen-bond acceptors (Lipinski definition) is 5. The summed E-state index contributed by atoms with van der Waals surface area (Å²) < 4.78 is 32.5. The number of aryl methyl sites for hydroxylation is 1. The van der Waals surface area contributed by atoms with E-state index in [-0.39, 0.29) is 28.8 Å². The molecule has 0 bridgehead atoms. The summed E-state index contributed by atoms with van der Waals surface area (Å²) in [6.07, 6.45) is 2.23. The summed E-state index contributed by atoms with van der Waals surface area (Å²) in [4.78, 5) is 4.54. The third-order valence-corrected chi connectivity index (χ3v) is 6.54. The summed E-state index contributed by atoms with van der Waals surface area (Å²) in [7, 11) is -3.52. The van der Waals surface area contributed by atoms with Gasteiger partial charge in [0, 0.05) is 31.6 Å². The van der Waals surface area contributed by atoms with Crippen molar-refractivity contribution in [3.63, 3.8) is 0 Å². The van der Waals surface area contributed by atoms with Crippen molar-refractivity contribution in [1.82, 2.24) is 9.29 Å². The highest BCUT2D eigenvalue weighted by atomic mass is 35.5. The Morgan fingerprint density at radius 1 is 1.28 bits per heavy atom. The van der Waals surface area contributed by atoms with E-state index in [4.69, 9.17) is 10.2 Å². The molecule has 1 atom stereocenters. The predicted octanol–water partition coefficient (Wildman–Crippen LogP) is 2.82. The molecule has 1 aromatic carbocycles. The zero-order valence-corrected chi connectivity index (χ0v) is 16.2. The summed E-state index contributed by atoms with van der Waals surface area (Å²) in [6, 6.07) is 6.77. The van der Waals surface area contributed by atoms with Crippen LogP contribution in [0.3, 0.4) is 0 Å². The molecule has 3 rings (SSSR count). The van der Waals surface area contributed by atoms with Crippen molar-refractivity contribution in [2.75, 3.05) is 13.1 Å². The van der Waals surface area contributed by atoms with Crippen LogP contribution in [-0.4, -0.2) is 36.8 Å². The van der Waals surface area contributed by atoms with Crippen LogP contribution < -0.4 is 5.73 Å². The predicted molar refractivity (Wildman–Crippen MR) is 99.1 cm³/mol. The molecule has 1 fully saturated rings. The van der Waals surface area contributed by atoms with Gasteiger partial charge in [-0.3, -0.25) is 0 Å². The zero-order valence-electron chi connectivity index (χ0n) is 14.6. The summed E-state index contributed by atoms with van der Waals surface area (Å²) in [5.74, 6) is 0.577. The molecule has 0 saturated carbocycles. The number of hydrogen-bond donors (Lipinski definition) is 1. The number of halogens is 1. The molecule has 6 nitrogen and oxygen atoms in total. The van der Waals surface area contributed by atoms with Crippen molar-refractivity contribution in [2.45, 2.75) is 38.1 Å². The minimum absolute atomic E-state index is 0. The van der Waals surface area contributed by atoms with Gasteiger partial charge < -0.3 is 10.2 Å². The van der Waals surface area contributed by atoms with E-state index in [0.29, 0.717) is 31.1 Å². The highest BCUT2D eigenvalue weighted by Crippen LogP contribution is 2.31. The normalized spacial score (nSPS) is 20.9. The number of nitrogens with zero attached hydrogens (tertiary/aromatic N) is 2. The van der Waals surface area contributed by atoms with E-state index in [9.17, 15) is 8.42 Å². The van der Waals surface area contributed by atoms with Crippen LogP contribution in [0.2, 0.25) is 0 Å². The smallest absolute Gasteiger partial charge is 0.243 e. The molecule has 0 radical (unpaired) electrons. The lowest BCUT2D eigenvalue weighted by molar-refractivity contribution is 0.155. The van der Waals surface area contributed by atoms with Gasteiger partial charge in [0.25, 0.3) is 0 Å². The minimum atomic E-state index is -3.52. The third-order valence-electron chi connectivity index (χ3n) is 4.68. The van der Waals surface area contributed by atoms with E-state index in [1.165, 1.54) is 4.31 Å². The summed E-state index contributed by atoms with van der Waals surface area (Å²) in [5, 5.41) is 0. The average molecular weight is 386 g/mol. The van der Waals surface area contributed by atoms with Gasteiger partial charge in [-0.15, -0.1) is 12.4 Å². The number of sulfonamides is 1. The first kappa shape index (κ1) is 19.9. The van der Waals surface area contributed by atoms with Gasteiger partial charge >= 0.3 is 0 Å². The maximum Gasteiger partial charge on any atom is 0.243 e. The highest BCUT2D eigenvalue weighted by molar-refractivity contribution is 7.89. The lowest BCUT2D eigenvalue weighted by Crippen LogP contribution is -2.53. The fraction of sp³-hybridized carbons (Fsp3) is 0.471. The first-order valence-corrected chi connectivity index (χ1v) is 9.42. The van der Waals surface area contributed by atoms with Crippen LogP contribution in [0.1, 0.15) is 26.2 Å². The first-order valence-electron chi connectivity index (χ1n) is 7.98. The van der Waals surface area contributed by atoms with Gasteiger partial charge in [-0.25, -0.2) is 13.4 Å². The third kappa shape index (κ3) is 3.89. The maximum atomic E-state index is 12.9. The standard InChI is InChI=1S/C17H23N3O3S.ClH/c1-12-19-15(10-23-12)13-4-6-14(7-5-13)24(21,22)20-9-8-16(18)17(2,3)11-20;/h4-7,10,16H,8-9,11,18H2,1-3H3;1H. The number of nitrogens with two attached hydrogens (primary N) is 1. The Bertz CT molecular complexity index is 831. The Morgan fingerprint density at radius 3 is 2.44 bits per heavy atom. The fourth-order valence-corrected chi connectivity index (χ4v) is 4.60. The van der Waals surface area contributed by atoms with Crippen LogP contribution in [0, 0.1) is 12.3 Å². The number of piperidine rings is 1. The van der Waals surface area contributed by atoms with Gasteiger partial charge in [0.2, 0.25) is 10.0 Å². The maximum absolute atomic E-state index is 12.9. The van der Waals surface area contributed by atoms with Crippen molar-refractivity contribution in [3.8, 4) is 11.3 Å². The Hall–Kier alpha value is -1.41. The summed E-state index contributed by atoms with van der Waals surface area (Å²) in [6.45, 7) is 6.67. The largest absolute Gasteiger partial charge is 0.449 e. The first-order chi connectivity index (χ1) is 11.2. The topological polar surface area (TPSA) is 89.4 Å². The molecule has 2 aromatic rings. The molecule has 2 N–H and O–H groups in total. The summed E-state index contributed by atoms with van der Waals surface area (Å²) >= 11 is 0. The Morgan fingerprint density at radius 2 is 1.92 bits per heavy atom. The molecule has 1 aliphatic rings. The second-order valence-electron chi connectivity index (χ2n) is 7.00. The van der Waals surface area contributed by atoms with Gasteiger partial charge in [0.1, 0.15) is 12.0 Å². The lowest BCUT2D eigenvalue weighted by atomic mass is 9.81. The van der Waals surface area contributed by atoms with E-state index in [0.717, 1.165) is 5.56 Å². The van der Waals surface area contributed by atoms with Crippen LogP contribution in [0.15, 0.2) is 39.8 Å². The van der Waals surface area contributed by atoms with E-state index < -0.39 is 10.0 Å². The van der Waals surface area contributed by atoms with Crippen LogP contribution in [0.25, 0.3) is 11.3 Å². The molecule has 0 spiro atoms. The minimum Gasteiger partial charge on any atom is -0.449 e. The van der Waals surface area contributed by atoms with E-state index in [2.05, 4.69) is 4.98 Å². The second-order valence-corrected chi connectivity index (χ2v) is 8.94. The van der Waals surface area contributed by atoms with E-state index in [1.807, 2.05) is 13.8 Å². The van der Waals surface area contributed by atoms with Crippen LogP contribution in [0.5, 0.6) is 0 Å². The van der Waals surface area contributed by atoms with Crippen molar-refractivity contribution in [2.24, 2.45) is 11.1 Å². The van der Waals surface area contributed by atoms with Gasteiger partial charge in [-0.05, 0) is 24.0 Å². The second kappa shape index (κ2) is 7.07. The SMILES string of the molecule is Cc1nc(-c2ccc(S(=O)(=O)N3CCC(N)C(C)(C)C3)cc2)co1.Cl. The van der Waals surface area contributed by atoms with Gasteiger partial charge in [0.05, 0.1) is 4.90 Å². The van der Waals surface area contributed by atoms with E-state index >= 15 is 0 Å². The monoisotopic (exact) mass is 385 g/mol. The van der Waals surface area contributed by atoms with Crippen molar-refractivity contribution >= 4 is 22.4 Å². The van der Waals surface area contributed by atoms with E-state index in [1.54, 1.807) is 37.5 Å². The Kier molecular flexibility index (Phi) is 5.63. The molecule has 8 heteroatoms. The van der Waals surface area contributed by atoms with Crippen LogP contribution >= 0.6 is 12.4 Å². The van der Waals surface area contributed by atoms with Gasteiger partial charge in [-0.1, -0.05) is 26.0 Å². The zero-order chi connectivity index (χ0) is 17.5. The molecular weight excluding hydrogens is 362 g/mol.